The Hall–Kier alpha value is -7.21. The minimum absolute atomic E-state index is 0.646. The molecular weight excluding hydrogens is 701 g/mol. The molecule has 0 aliphatic heterocycles. The van der Waals surface area contributed by atoms with Gasteiger partial charge in [0.15, 0.2) is 17.5 Å². The van der Waals surface area contributed by atoms with E-state index in [-0.39, 0.29) is 0 Å². The molecule has 12 rings (SSSR count). The molecule has 0 fully saturated rings. The number of fused-ring (bicyclic) bond motifs is 11. The zero-order valence-electron chi connectivity index (χ0n) is 30.0. The van der Waals surface area contributed by atoms with E-state index in [4.69, 9.17) is 15.0 Å². The fourth-order valence-corrected chi connectivity index (χ4v) is 9.87. The number of hydrogen-bond donors (Lipinski definition) is 0. The second-order valence-corrected chi connectivity index (χ2v) is 15.4. The molecule has 0 bridgehead atoms. The fourth-order valence-electron chi connectivity index (χ4n) is 8.68. The van der Waals surface area contributed by atoms with Crippen molar-refractivity contribution in [2.45, 2.75) is 0 Å². The molecule has 0 aliphatic rings. The van der Waals surface area contributed by atoms with E-state index in [1.807, 2.05) is 18.2 Å². The first-order chi connectivity index (χ1) is 27.8. The molecule has 0 atom stereocenters. The van der Waals surface area contributed by atoms with Crippen LogP contribution in [0.2, 0.25) is 0 Å². The number of rotatable bonds is 4. The predicted molar refractivity (Wildman–Crippen MR) is 236 cm³/mol. The van der Waals surface area contributed by atoms with Crippen LogP contribution in [0.1, 0.15) is 0 Å². The molecule has 0 unspecified atom stereocenters. The summed E-state index contributed by atoms with van der Waals surface area (Å²) in [7, 11) is 0. The number of thiophene rings is 1. The smallest absolute Gasteiger partial charge is 0.165 e. The van der Waals surface area contributed by atoms with Gasteiger partial charge in [-0.25, -0.2) is 15.0 Å². The highest BCUT2D eigenvalue weighted by molar-refractivity contribution is 7.26. The van der Waals surface area contributed by atoms with Gasteiger partial charge in [-0.15, -0.1) is 11.3 Å². The van der Waals surface area contributed by atoms with Crippen molar-refractivity contribution in [2.75, 3.05) is 0 Å². The number of hydrogen-bond acceptors (Lipinski definition) is 4. The van der Waals surface area contributed by atoms with Gasteiger partial charge in [0.05, 0.1) is 11.0 Å². The highest BCUT2D eigenvalue weighted by atomic mass is 32.1. The van der Waals surface area contributed by atoms with Crippen LogP contribution in [-0.4, -0.2) is 19.5 Å². The van der Waals surface area contributed by atoms with Crippen molar-refractivity contribution in [3.63, 3.8) is 0 Å². The quantitative estimate of drug-likeness (QED) is 0.169. The lowest BCUT2D eigenvalue weighted by Crippen LogP contribution is -2.02. The summed E-state index contributed by atoms with van der Waals surface area (Å²) in [6.45, 7) is 0. The summed E-state index contributed by atoms with van der Waals surface area (Å²) < 4.78 is 4.84. The number of benzene rings is 9. The first-order valence-electron chi connectivity index (χ1n) is 18.9. The Balaban J connectivity index is 1.21. The third-order valence-corrected chi connectivity index (χ3v) is 12.4. The van der Waals surface area contributed by atoms with E-state index < -0.39 is 0 Å². The first kappa shape index (κ1) is 31.2. The van der Waals surface area contributed by atoms with Crippen molar-refractivity contribution in [3.05, 3.63) is 182 Å². The van der Waals surface area contributed by atoms with Crippen molar-refractivity contribution < 1.29 is 0 Å². The molecule has 260 valence electrons. The Morgan fingerprint density at radius 1 is 0.375 bits per heavy atom. The molecule has 0 spiro atoms. The molecule has 0 saturated carbocycles. The lowest BCUT2D eigenvalue weighted by Gasteiger charge is -2.14. The standard InChI is InChI=1S/C51H30N4S/c1-2-15-33(16-3-1)49-52-50(42-22-12-17-31-13-4-7-19-36(31)42)54-51(53-49)44-30-34(29-43-39-21-9-11-24-46(39)56-48(43)44)55-45-23-10-8-20-38(45)41-28-27-37-35-18-6-5-14-32(35)25-26-40(37)47(41)55/h1-30H. The van der Waals surface area contributed by atoms with Gasteiger partial charge in [0, 0.05) is 58.7 Å². The molecule has 3 aromatic heterocycles. The number of aromatic nitrogens is 4. The van der Waals surface area contributed by atoms with Crippen molar-refractivity contribution in [1.82, 2.24) is 19.5 Å². The van der Waals surface area contributed by atoms with Crippen molar-refractivity contribution in [3.8, 4) is 39.9 Å². The minimum atomic E-state index is 0.646. The van der Waals surface area contributed by atoms with Crippen LogP contribution < -0.4 is 0 Å². The molecule has 5 heteroatoms. The number of para-hydroxylation sites is 1. The van der Waals surface area contributed by atoms with Crippen LogP contribution in [0, 0.1) is 0 Å². The maximum atomic E-state index is 5.38. The van der Waals surface area contributed by atoms with Gasteiger partial charge in [0.25, 0.3) is 0 Å². The Kier molecular flexibility index (Phi) is 6.76. The third kappa shape index (κ3) is 4.68. The molecule has 3 heterocycles. The van der Waals surface area contributed by atoms with Crippen LogP contribution in [0.4, 0.5) is 0 Å². The highest BCUT2D eigenvalue weighted by Gasteiger charge is 2.22. The lowest BCUT2D eigenvalue weighted by molar-refractivity contribution is 1.08. The second kappa shape index (κ2) is 12.2. The minimum Gasteiger partial charge on any atom is -0.309 e. The molecule has 0 N–H and O–H groups in total. The van der Waals surface area contributed by atoms with Gasteiger partial charge < -0.3 is 4.57 Å². The van der Waals surface area contributed by atoms with Crippen LogP contribution >= 0.6 is 11.3 Å². The summed E-state index contributed by atoms with van der Waals surface area (Å²) >= 11 is 1.80. The molecule has 4 nitrogen and oxygen atoms in total. The molecule has 12 aromatic rings. The van der Waals surface area contributed by atoms with E-state index in [2.05, 4.69) is 168 Å². The van der Waals surface area contributed by atoms with Crippen molar-refractivity contribution in [1.29, 1.82) is 0 Å². The van der Waals surface area contributed by atoms with Gasteiger partial charge >= 0.3 is 0 Å². The van der Waals surface area contributed by atoms with Gasteiger partial charge in [0.1, 0.15) is 0 Å². The Bertz CT molecular complexity index is 3540. The third-order valence-electron chi connectivity index (χ3n) is 11.2. The normalized spacial score (nSPS) is 11.9. The Morgan fingerprint density at radius 2 is 0.982 bits per heavy atom. The first-order valence-corrected chi connectivity index (χ1v) is 19.7. The maximum absolute atomic E-state index is 5.38. The second-order valence-electron chi connectivity index (χ2n) is 14.4. The summed E-state index contributed by atoms with van der Waals surface area (Å²) in [4.78, 5) is 15.8. The van der Waals surface area contributed by atoms with E-state index in [1.165, 1.54) is 53.3 Å². The van der Waals surface area contributed by atoms with E-state index >= 15 is 0 Å². The average Bonchev–Trinajstić information content (AvgIpc) is 3.82. The van der Waals surface area contributed by atoms with Gasteiger partial charge in [-0.05, 0) is 51.2 Å². The fraction of sp³-hybridized carbons (Fsp3) is 0. The van der Waals surface area contributed by atoms with Crippen LogP contribution in [0.3, 0.4) is 0 Å². The highest BCUT2D eigenvalue weighted by Crippen LogP contribution is 2.44. The predicted octanol–water partition coefficient (Wildman–Crippen LogP) is 13.8. The summed E-state index contributed by atoms with van der Waals surface area (Å²) in [6.07, 6.45) is 0. The van der Waals surface area contributed by atoms with E-state index in [0.717, 1.165) is 43.4 Å². The van der Waals surface area contributed by atoms with Gasteiger partial charge in [-0.2, -0.15) is 0 Å². The zero-order valence-corrected chi connectivity index (χ0v) is 30.8. The van der Waals surface area contributed by atoms with Gasteiger partial charge in [-0.3, -0.25) is 0 Å². The van der Waals surface area contributed by atoms with E-state index in [1.54, 1.807) is 11.3 Å². The summed E-state index contributed by atoms with van der Waals surface area (Å²) in [5.41, 5.74) is 6.32. The molecule has 0 aliphatic carbocycles. The van der Waals surface area contributed by atoms with Crippen LogP contribution in [0.25, 0.3) is 114 Å². The zero-order chi connectivity index (χ0) is 36.7. The molecular formula is C51H30N4S. The van der Waals surface area contributed by atoms with Crippen LogP contribution in [0.5, 0.6) is 0 Å². The summed E-state index contributed by atoms with van der Waals surface area (Å²) in [5.74, 6) is 1.95. The topological polar surface area (TPSA) is 43.6 Å². The van der Waals surface area contributed by atoms with Crippen LogP contribution in [0.15, 0.2) is 182 Å². The summed E-state index contributed by atoms with van der Waals surface area (Å²) in [6, 6.07) is 65.0. The lowest BCUT2D eigenvalue weighted by atomic mass is 9.99. The van der Waals surface area contributed by atoms with E-state index in [9.17, 15) is 0 Å². The van der Waals surface area contributed by atoms with Crippen LogP contribution in [-0.2, 0) is 0 Å². The number of nitrogens with zero attached hydrogens (tertiary/aromatic N) is 4. The monoisotopic (exact) mass is 730 g/mol. The largest absolute Gasteiger partial charge is 0.309 e. The maximum Gasteiger partial charge on any atom is 0.165 e. The molecule has 56 heavy (non-hydrogen) atoms. The average molecular weight is 731 g/mol. The molecule has 0 radical (unpaired) electrons. The molecule has 9 aromatic carbocycles. The SMILES string of the molecule is c1ccc(-c2nc(-c3cccc4ccccc34)nc(-c3cc(-n4c5ccccc5c5ccc6c7ccccc7ccc6c54)cc4c3sc3ccccc34)n2)cc1. The Labute approximate surface area is 325 Å². The van der Waals surface area contributed by atoms with Gasteiger partial charge in [0.2, 0.25) is 0 Å². The van der Waals surface area contributed by atoms with E-state index in [0.29, 0.717) is 17.5 Å². The molecule has 0 saturated heterocycles. The Morgan fingerprint density at radius 3 is 1.84 bits per heavy atom. The van der Waals surface area contributed by atoms with Crippen molar-refractivity contribution in [2.24, 2.45) is 0 Å². The van der Waals surface area contributed by atoms with Gasteiger partial charge in [-0.1, -0.05) is 158 Å². The summed E-state index contributed by atoms with van der Waals surface area (Å²) in [5, 5.41) is 12.1. The van der Waals surface area contributed by atoms with Crippen molar-refractivity contribution >= 4 is 85.6 Å². The molecule has 0 amide bonds.